The highest BCUT2D eigenvalue weighted by atomic mass is 16.2. The fraction of sp³-hybridized carbons (Fsp3) is 0.167. The summed E-state index contributed by atoms with van der Waals surface area (Å²) < 4.78 is 4.10. The summed E-state index contributed by atoms with van der Waals surface area (Å²) in [5.74, 6) is 0.641. The highest BCUT2D eigenvalue weighted by Crippen LogP contribution is 2.30. The van der Waals surface area contributed by atoms with Crippen LogP contribution in [0.3, 0.4) is 0 Å². The Kier molecular flexibility index (Phi) is 6.56. The van der Waals surface area contributed by atoms with Gasteiger partial charge in [-0.2, -0.15) is 0 Å². The van der Waals surface area contributed by atoms with Gasteiger partial charge in [0.25, 0.3) is 11.8 Å². The molecule has 1 fully saturated rings. The number of imide groups is 2. The van der Waals surface area contributed by atoms with Crippen LogP contribution in [0.25, 0.3) is 44.8 Å². The van der Waals surface area contributed by atoms with Crippen molar-refractivity contribution in [3.63, 3.8) is 0 Å². The Hall–Kier alpha value is -5.90. The van der Waals surface area contributed by atoms with E-state index in [1.165, 1.54) is 9.80 Å². The van der Waals surface area contributed by atoms with Gasteiger partial charge in [0.2, 0.25) is 11.8 Å². The molecule has 2 aromatic heterocycles. The maximum atomic E-state index is 13.0. The van der Waals surface area contributed by atoms with Crippen LogP contribution >= 0.6 is 0 Å². The molecule has 10 heteroatoms. The Bertz CT molecular complexity index is 2160. The SMILES string of the molecule is O=C1CCC(=O)N1CCn1c(-c2ccc(-c3nc4ccccc4n3CCN3C(=O)c4ccccc4C3=O)cc2)nc2ccccc21. The van der Waals surface area contributed by atoms with Crippen molar-refractivity contribution in [3.05, 3.63) is 108 Å². The van der Waals surface area contributed by atoms with Crippen LogP contribution in [0.4, 0.5) is 0 Å². The molecule has 6 aromatic rings. The summed E-state index contributed by atoms with van der Waals surface area (Å²) in [5.41, 5.74) is 6.10. The highest BCUT2D eigenvalue weighted by molar-refractivity contribution is 6.21. The maximum Gasteiger partial charge on any atom is 0.261 e. The monoisotopic (exact) mass is 608 g/mol. The third-order valence-electron chi connectivity index (χ3n) is 8.84. The number of carbonyl (C=O) groups is 4. The van der Waals surface area contributed by atoms with Crippen molar-refractivity contribution in [2.45, 2.75) is 25.9 Å². The Morgan fingerprint density at radius 2 is 0.891 bits per heavy atom. The number of nitrogens with zero attached hydrogens (tertiary/aromatic N) is 6. The lowest BCUT2D eigenvalue weighted by molar-refractivity contribution is -0.138. The minimum atomic E-state index is -0.280. The van der Waals surface area contributed by atoms with E-state index in [0.29, 0.717) is 30.8 Å². The van der Waals surface area contributed by atoms with Gasteiger partial charge in [-0.3, -0.25) is 29.0 Å². The van der Waals surface area contributed by atoms with Crippen molar-refractivity contribution in [1.29, 1.82) is 0 Å². The highest BCUT2D eigenvalue weighted by Gasteiger charge is 2.35. The third kappa shape index (κ3) is 4.49. The second-order valence-electron chi connectivity index (χ2n) is 11.5. The molecule has 1 saturated heterocycles. The summed E-state index contributed by atoms with van der Waals surface area (Å²) in [4.78, 5) is 63.1. The average Bonchev–Trinajstić information content (AvgIpc) is 3.81. The number of fused-ring (bicyclic) bond motifs is 3. The van der Waals surface area contributed by atoms with E-state index in [-0.39, 0.29) is 43.0 Å². The van der Waals surface area contributed by atoms with Crippen molar-refractivity contribution in [3.8, 4) is 22.8 Å². The molecule has 46 heavy (non-hydrogen) atoms. The predicted octanol–water partition coefficient (Wildman–Crippen LogP) is 5.17. The molecule has 10 nitrogen and oxygen atoms in total. The van der Waals surface area contributed by atoms with E-state index in [9.17, 15) is 19.2 Å². The largest absolute Gasteiger partial charge is 0.322 e. The fourth-order valence-corrected chi connectivity index (χ4v) is 6.53. The Morgan fingerprint density at radius 3 is 1.37 bits per heavy atom. The number of hydrogen-bond donors (Lipinski definition) is 0. The molecule has 2 aliphatic rings. The van der Waals surface area contributed by atoms with Gasteiger partial charge in [-0.15, -0.1) is 0 Å². The molecule has 0 radical (unpaired) electrons. The first-order valence-corrected chi connectivity index (χ1v) is 15.3. The number of likely N-dealkylation sites (tertiary alicyclic amines) is 1. The molecule has 0 atom stereocenters. The van der Waals surface area contributed by atoms with E-state index in [2.05, 4.69) is 4.57 Å². The van der Waals surface area contributed by atoms with Gasteiger partial charge < -0.3 is 9.13 Å². The first-order chi connectivity index (χ1) is 22.5. The van der Waals surface area contributed by atoms with E-state index in [1.807, 2.05) is 77.4 Å². The van der Waals surface area contributed by atoms with Crippen LogP contribution in [0.15, 0.2) is 97.1 Å². The number of rotatable bonds is 8. The molecular weight excluding hydrogens is 580 g/mol. The van der Waals surface area contributed by atoms with Gasteiger partial charge in [0.15, 0.2) is 0 Å². The molecule has 4 heterocycles. The normalized spacial score (nSPS) is 14.8. The van der Waals surface area contributed by atoms with Gasteiger partial charge in [0.05, 0.1) is 33.2 Å². The molecule has 2 aliphatic heterocycles. The van der Waals surface area contributed by atoms with E-state index in [0.717, 1.165) is 44.8 Å². The van der Waals surface area contributed by atoms with Crippen LogP contribution in [0.5, 0.6) is 0 Å². The molecule has 0 spiro atoms. The topological polar surface area (TPSA) is 110 Å². The maximum absolute atomic E-state index is 13.0. The van der Waals surface area contributed by atoms with Crippen molar-refractivity contribution in [2.24, 2.45) is 0 Å². The van der Waals surface area contributed by atoms with Gasteiger partial charge in [0.1, 0.15) is 11.6 Å². The van der Waals surface area contributed by atoms with Gasteiger partial charge in [0, 0.05) is 50.1 Å². The lowest BCUT2D eigenvalue weighted by Gasteiger charge is -2.17. The van der Waals surface area contributed by atoms with Crippen LogP contribution in [0, 0.1) is 0 Å². The first kappa shape index (κ1) is 27.6. The summed E-state index contributed by atoms with van der Waals surface area (Å²) >= 11 is 0. The van der Waals surface area contributed by atoms with Crippen molar-refractivity contribution < 1.29 is 19.2 Å². The summed E-state index contributed by atoms with van der Waals surface area (Å²) in [5, 5.41) is 0. The zero-order valence-electron chi connectivity index (χ0n) is 24.8. The number of benzene rings is 4. The third-order valence-corrected chi connectivity index (χ3v) is 8.84. The standard InChI is InChI=1S/C36H28N6O4/c43-31-17-18-32(44)41(31)21-19-39-29-11-5-3-9-27(29)37-33(39)23-13-15-24(16-14-23)34-38-28-10-4-6-12-30(28)40(34)20-22-42-35(45)25-7-1-2-8-26(25)36(42)46/h1-16H,17-22H2. The lowest BCUT2D eigenvalue weighted by Crippen LogP contribution is -2.33. The van der Waals surface area contributed by atoms with Crippen LogP contribution in [0.2, 0.25) is 0 Å². The van der Waals surface area contributed by atoms with E-state index < -0.39 is 0 Å². The van der Waals surface area contributed by atoms with Gasteiger partial charge >= 0.3 is 0 Å². The molecule has 0 N–H and O–H groups in total. The average molecular weight is 609 g/mol. The van der Waals surface area contributed by atoms with E-state index >= 15 is 0 Å². The Labute approximate surface area is 263 Å². The second-order valence-corrected chi connectivity index (χ2v) is 11.5. The predicted molar refractivity (Wildman–Crippen MR) is 172 cm³/mol. The summed E-state index contributed by atoms with van der Waals surface area (Å²) in [6, 6.07) is 30.5. The zero-order chi connectivity index (χ0) is 31.4. The lowest BCUT2D eigenvalue weighted by atomic mass is 10.1. The fourth-order valence-electron chi connectivity index (χ4n) is 6.53. The summed E-state index contributed by atoms with van der Waals surface area (Å²) in [7, 11) is 0. The smallest absolute Gasteiger partial charge is 0.261 e. The van der Waals surface area contributed by atoms with Gasteiger partial charge in [-0.25, -0.2) is 9.97 Å². The Morgan fingerprint density at radius 1 is 0.478 bits per heavy atom. The number of aromatic nitrogens is 4. The molecule has 0 aliphatic carbocycles. The zero-order valence-corrected chi connectivity index (χ0v) is 24.8. The van der Waals surface area contributed by atoms with Crippen LogP contribution < -0.4 is 0 Å². The summed E-state index contributed by atoms with van der Waals surface area (Å²) in [6.45, 7) is 1.32. The van der Waals surface area contributed by atoms with Crippen LogP contribution in [-0.4, -0.2) is 65.6 Å². The number of carbonyl (C=O) groups excluding carboxylic acids is 4. The minimum Gasteiger partial charge on any atom is -0.322 e. The molecule has 4 amide bonds. The van der Waals surface area contributed by atoms with Gasteiger partial charge in [-0.1, -0.05) is 60.7 Å². The molecular formula is C36H28N6O4. The van der Waals surface area contributed by atoms with Crippen molar-refractivity contribution in [2.75, 3.05) is 13.1 Å². The Balaban J connectivity index is 1.11. The number of amides is 4. The molecule has 226 valence electrons. The summed E-state index contributed by atoms with van der Waals surface area (Å²) in [6.07, 6.45) is 0.530. The van der Waals surface area contributed by atoms with E-state index in [4.69, 9.17) is 9.97 Å². The molecule has 4 aromatic carbocycles. The quantitative estimate of drug-likeness (QED) is 0.221. The molecule has 0 saturated carbocycles. The van der Waals surface area contributed by atoms with Crippen LogP contribution in [0.1, 0.15) is 33.6 Å². The second kappa shape index (κ2) is 10.9. The van der Waals surface area contributed by atoms with E-state index in [1.54, 1.807) is 24.3 Å². The number of imidazole rings is 2. The molecule has 0 unspecified atom stereocenters. The number of hydrogen-bond acceptors (Lipinski definition) is 6. The van der Waals surface area contributed by atoms with Crippen molar-refractivity contribution in [1.82, 2.24) is 28.9 Å². The minimum absolute atomic E-state index is 0.133. The molecule has 8 rings (SSSR count). The van der Waals surface area contributed by atoms with Crippen molar-refractivity contribution >= 4 is 45.7 Å². The number of para-hydroxylation sites is 4. The molecule has 0 bridgehead atoms. The first-order valence-electron chi connectivity index (χ1n) is 15.3. The van der Waals surface area contributed by atoms with Crippen LogP contribution in [-0.2, 0) is 22.7 Å². The van der Waals surface area contributed by atoms with Gasteiger partial charge in [-0.05, 0) is 36.4 Å².